The van der Waals surface area contributed by atoms with E-state index < -0.39 is 10.0 Å². The van der Waals surface area contributed by atoms with E-state index in [-0.39, 0.29) is 6.04 Å². The van der Waals surface area contributed by atoms with E-state index in [9.17, 15) is 8.42 Å². The van der Waals surface area contributed by atoms with Crippen molar-refractivity contribution < 1.29 is 12.9 Å². The molecule has 0 N–H and O–H groups in total. The van der Waals surface area contributed by atoms with Gasteiger partial charge in [0.2, 0.25) is 10.0 Å². The minimum absolute atomic E-state index is 0.263. The SMILES string of the molecule is Cc1cc(C)c(S(=O)(=O)N2CCC[C@@H]2c2cc(C)no2)c(C)c1. The van der Waals surface area contributed by atoms with Gasteiger partial charge in [-0.25, -0.2) is 8.42 Å². The minimum atomic E-state index is -3.56. The molecule has 1 aromatic heterocycles. The summed E-state index contributed by atoms with van der Waals surface area (Å²) in [5.41, 5.74) is 3.43. The summed E-state index contributed by atoms with van der Waals surface area (Å²) in [4.78, 5) is 0.422. The molecule has 0 amide bonds. The van der Waals surface area contributed by atoms with Crippen molar-refractivity contribution in [1.82, 2.24) is 9.46 Å². The highest BCUT2D eigenvalue weighted by Gasteiger charge is 2.39. The van der Waals surface area contributed by atoms with Crippen LogP contribution in [0.15, 0.2) is 27.6 Å². The van der Waals surface area contributed by atoms with Crippen molar-refractivity contribution in [2.75, 3.05) is 6.54 Å². The van der Waals surface area contributed by atoms with Crippen LogP contribution in [-0.2, 0) is 10.0 Å². The number of aromatic nitrogens is 1. The zero-order valence-electron chi connectivity index (χ0n) is 14.0. The Morgan fingerprint density at radius 1 is 1.13 bits per heavy atom. The molecule has 0 saturated carbocycles. The van der Waals surface area contributed by atoms with Gasteiger partial charge in [0, 0.05) is 12.6 Å². The molecular weight excluding hydrogens is 312 g/mol. The van der Waals surface area contributed by atoms with Crippen LogP contribution >= 0.6 is 0 Å². The third-order valence-corrected chi connectivity index (χ3v) is 6.56. The lowest BCUT2D eigenvalue weighted by Gasteiger charge is -2.24. The summed E-state index contributed by atoms with van der Waals surface area (Å²) in [5.74, 6) is 0.631. The summed E-state index contributed by atoms with van der Waals surface area (Å²) >= 11 is 0. The van der Waals surface area contributed by atoms with E-state index in [0.29, 0.717) is 17.2 Å². The summed E-state index contributed by atoms with van der Waals surface area (Å²) in [7, 11) is -3.56. The largest absolute Gasteiger partial charge is 0.359 e. The van der Waals surface area contributed by atoms with Gasteiger partial charge >= 0.3 is 0 Å². The lowest BCUT2D eigenvalue weighted by atomic mass is 10.1. The Morgan fingerprint density at radius 3 is 2.35 bits per heavy atom. The first kappa shape index (κ1) is 16.2. The fourth-order valence-electron chi connectivity index (χ4n) is 3.54. The van der Waals surface area contributed by atoms with Gasteiger partial charge in [0.05, 0.1) is 16.6 Å². The van der Waals surface area contributed by atoms with Gasteiger partial charge in [-0.3, -0.25) is 0 Å². The normalized spacial score (nSPS) is 19.4. The molecule has 0 unspecified atom stereocenters. The second-order valence-corrected chi connectivity index (χ2v) is 8.20. The zero-order chi connectivity index (χ0) is 16.8. The quantitative estimate of drug-likeness (QED) is 0.862. The Hall–Kier alpha value is -1.66. The van der Waals surface area contributed by atoms with Crippen molar-refractivity contribution in [2.24, 2.45) is 0 Å². The molecule has 5 nitrogen and oxygen atoms in total. The monoisotopic (exact) mass is 334 g/mol. The van der Waals surface area contributed by atoms with Gasteiger partial charge < -0.3 is 4.52 Å². The van der Waals surface area contributed by atoms with E-state index in [0.717, 1.165) is 35.2 Å². The molecule has 0 spiro atoms. The molecule has 3 rings (SSSR count). The highest BCUT2D eigenvalue weighted by atomic mass is 32.2. The molecule has 1 aliphatic rings. The first-order chi connectivity index (χ1) is 10.8. The first-order valence-electron chi connectivity index (χ1n) is 7.83. The Bertz CT molecular complexity index is 816. The second-order valence-electron chi connectivity index (χ2n) is 6.37. The Morgan fingerprint density at radius 2 is 1.78 bits per heavy atom. The van der Waals surface area contributed by atoms with E-state index in [4.69, 9.17) is 4.52 Å². The number of hydrogen-bond donors (Lipinski definition) is 0. The zero-order valence-corrected chi connectivity index (χ0v) is 14.8. The van der Waals surface area contributed by atoms with Crippen LogP contribution in [0, 0.1) is 27.7 Å². The summed E-state index contributed by atoms with van der Waals surface area (Å²) < 4.78 is 33.4. The molecule has 1 aromatic carbocycles. The molecule has 2 aromatic rings. The van der Waals surface area contributed by atoms with Crippen LogP contribution in [0.2, 0.25) is 0 Å². The lowest BCUT2D eigenvalue weighted by molar-refractivity contribution is 0.297. The first-order valence-corrected chi connectivity index (χ1v) is 9.27. The molecule has 124 valence electrons. The average Bonchev–Trinajstić information content (AvgIpc) is 3.05. The molecular formula is C17H22N2O3S. The average molecular weight is 334 g/mol. The fraction of sp³-hybridized carbons (Fsp3) is 0.471. The predicted octanol–water partition coefficient (Wildman–Crippen LogP) is 3.43. The van der Waals surface area contributed by atoms with Crippen molar-refractivity contribution in [3.05, 3.63) is 46.3 Å². The lowest BCUT2D eigenvalue weighted by Crippen LogP contribution is -2.31. The van der Waals surface area contributed by atoms with Gasteiger partial charge in [-0.05, 0) is 51.7 Å². The third-order valence-electron chi connectivity index (χ3n) is 4.35. The Kier molecular flexibility index (Phi) is 4.06. The van der Waals surface area contributed by atoms with E-state index >= 15 is 0 Å². The van der Waals surface area contributed by atoms with Crippen LogP contribution < -0.4 is 0 Å². The number of rotatable bonds is 3. The predicted molar refractivity (Wildman–Crippen MR) is 87.8 cm³/mol. The van der Waals surface area contributed by atoms with Gasteiger partial charge in [-0.2, -0.15) is 4.31 Å². The van der Waals surface area contributed by atoms with Crippen molar-refractivity contribution in [1.29, 1.82) is 0 Å². The standard InChI is InChI=1S/C17H22N2O3S/c1-11-8-12(2)17(13(3)9-11)23(20,21)19-7-5-6-15(19)16-10-14(4)18-22-16/h8-10,15H,5-7H2,1-4H3/t15-/m1/s1. The fourth-order valence-corrected chi connectivity index (χ4v) is 5.62. The maximum atomic E-state index is 13.2. The van der Waals surface area contributed by atoms with Crippen LogP contribution in [0.1, 0.15) is 47.0 Å². The van der Waals surface area contributed by atoms with Crippen LogP contribution in [-0.4, -0.2) is 24.4 Å². The van der Waals surface area contributed by atoms with Crippen LogP contribution in [0.25, 0.3) is 0 Å². The topological polar surface area (TPSA) is 63.4 Å². The molecule has 0 bridgehead atoms. The molecule has 0 radical (unpaired) electrons. The van der Waals surface area contributed by atoms with Gasteiger partial charge in [0.25, 0.3) is 0 Å². The van der Waals surface area contributed by atoms with Crippen molar-refractivity contribution >= 4 is 10.0 Å². The van der Waals surface area contributed by atoms with Crippen LogP contribution in [0.4, 0.5) is 0 Å². The molecule has 1 fully saturated rings. The highest BCUT2D eigenvalue weighted by Crippen LogP contribution is 2.38. The van der Waals surface area contributed by atoms with Crippen LogP contribution in [0.3, 0.4) is 0 Å². The maximum absolute atomic E-state index is 13.2. The number of sulfonamides is 1. The number of benzene rings is 1. The molecule has 23 heavy (non-hydrogen) atoms. The molecule has 6 heteroatoms. The van der Waals surface area contributed by atoms with Gasteiger partial charge in [-0.1, -0.05) is 22.9 Å². The van der Waals surface area contributed by atoms with Crippen LogP contribution in [0.5, 0.6) is 0 Å². The summed E-state index contributed by atoms with van der Waals surface area (Å²) in [5, 5.41) is 3.90. The van der Waals surface area contributed by atoms with E-state index in [1.165, 1.54) is 0 Å². The van der Waals surface area contributed by atoms with Gasteiger partial charge in [0.1, 0.15) is 0 Å². The molecule has 1 saturated heterocycles. The molecule has 2 heterocycles. The molecule has 1 atom stereocenters. The van der Waals surface area contributed by atoms with E-state index in [1.54, 1.807) is 4.31 Å². The van der Waals surface area contributed by atoms with E-state index in [1.807, 2.05) is 45.9 Å². The number of aryl methyl sites for hydroxylation is 4. The number of nitrogens with zero attached hydrogens (tertiary/aromatic N) is 2. The summed E-state index contributed by atoms with van der Waals surface area (Å²) in [6.45, 7) is 8.05. The van der Waals surface area contributed by atoms with Gasteiger partial charge in [-0.15, -0.1) is 0 Å². The van der Waals surface area contributed by atoms with Crippen molar-refractivity contribution in [3.8, 4) is 0 Å². The smallest absolute Gasteiger partial charge is 0.244 e. The maximum Gasteiger partial charge on any atom is 0.244 e. The Labute approximate surface area is 137 Å². The summed E-state index contributed by atoms with van der Waals surface area (Å²) in [6.07, 6.45) is 1.59. The van der Waals surface area contributed by atoms with E-state index in [2.05, 4.69) is 5.16 Å². The van der Waals surface area contributed by atoms with Crippen molar-refractivity contribution in [2.45, 2.75) is 51.5 Å². The summed E-state index contributed by atoms with van der Waals surface area (Å²) in [6, 6.07) is 5.40. The third kappa shape index (κ3) is 2.81. The molecule has 1 aliphatic heterocycles. The highest BCUT2D eigenvalue weighted by molar-refractivity contribution is 7.89. The van der Waals surface area contributed by atoms with Crippen molar-refractivity contribution in [3.63, 3.8) is 0 Å². The Balaban J connectivity index is 2.06. The minimum Gasteiger partial charge on any atom is -0.359 e. The second kappa shape index (κ2) is 5.76. The van der Waals surface area contributed by atoms with Gasteiger partial charge in [0.15, 0.2) is 5.76 Å². The molecule has 0 aliphatic carbocycles. The number of hydrogen-bond acceptors (Lipinski definition) is 4.